The second-order valence-corrected chi connectivity index (χ2v) is 9.91. The van der Waals surface area contributed by atoms with Gasteiger partial charge in [0, 0.05) is 11.9 Å². The molecule has 0 heterocycles. The highest BCUT2D eigenvalue weighted by Gasteiger charge is 2.20. The zero-order valence-corrected chi connectivity index (χ0v) is 24.7. The summed E-state index contributed by atoms with van der Waals surface area (Å²) in [6.07, 6.45) is 17.2. The van der Waals surface area contributed by atoms with Crippen molar-refractivity contribution >= 4 is 34.3 Å². The maximum absolute atomic E-state index is 11.9. The molecule has 0 saturated carbocycles. The van der Waals surface area contributed by atoms with Crippen molar-refractivity contribution in [3.8, 4) is 0 Å². The first-order valence-corrected chi connectivity index (χ1v) is 15.2. The molecule has 0 fully saturated rings. The van der Waals surface area contributed by atoms with E-state index < -0.39 is 24.5 Å². The molecule has 1 amide bonds. The number of carbonyl (C=O) groups excluding carboxylic acids is 3. The first-order valence-electron chi connectivity index (χ1n) is 14.0. The zero-order valence-electron chi connectivity index (χ0n) is 23.1. The Balaban J connectivity index is 3.66. The summed E-state index contributed by atoms with van der Waals surface area (Å²) >= 11 is 3.12. The maximum atomic E-state index is 11.9. The average Bonchev–Trinajstić information content (AvgIpc) is 2.90. The van der Waals surface area contributed by atoms with Gasteiger partial charge in [-0.05, 0) is 6.42 Å². The zero-order chi connectivity index (χ0) is 27.4. The number of unbranched alkanes of at least 4 members (excludes halogenated alkanes) is 15. The van der Waals surface area contributed by atoms with Gasteiger partial charge < -0.3 is 29.0 Å². The molecule has 0 unspecified atom stereocenters. The highest BCUT2D eigenvalue weighted by Crippen LogP contribution is 2.13. The summed E-state index contributed by atoms with van der Waals surface area (Å²) in [4.78, 5) is 34.7. The smallest absolute Gasteiger partial charge is 0.445 e. The van der Waals surface area contributed by atoms with Crippen molar-refractivity contribution in [2.45, 2.75) is 116 Å². The van der Waals surface area contributed by atoms with Crippen LogP contribution in [0.15, 0.2) is 0 Å². The van der Waals surface area contributed by atoms with E-state index in [9.17, 15) is 14.4 Å². The van der Waals surface area contributed by atoms with Gasteiger partial charge in [-0.2, -0.15) is 0 Å². The van der Waals surface area contributed by atoms with E-state index in [0.717, 1.165) is 26.4 Å². The molecule has 0 saturated heterocycles. The van der Waals surface area contributed by atoms with Crippen LogP contribution in [0.3, 0.4) is 0 Å². The van der Waals surface area contributed by atoms with Gasteiger partial charge in [0.1, 0.15) is 19.8 Å². The van der Waals surface area contributed by atoms with E-state index in [0.29, 0.717) is 11.9 Å². The molecule has 0 aromatic heterocycles. The average molecular weight is 597 g/mol. The molecule has 0 rings (SSSR count). The Morgan fingerprint density at radius 1 is 0.676 bits per heavy atom. The summed E-state index contributed by atoms with van der Waals surface area (Å²) < 4.78 is 24.0. The van der Waals surface area contributed by atoms with Gasteiger partial charge in [-0.1, -0.05) is 119 Å². The Morgan fingerprint density at radius 3 is 1.65 bits per heavy atom. The van der Waals surface area contributed by atoms with Crippen molar-refractivity contribution in [2.75, 3.05) is 38.8 Å². The summed E-state index contributed by atoms with van der Waals surface area (Å²) in [7, 11) is 1.15. The number of alkyl halides is 1. The van der Waals surface area contributed by atoms with E-state index in [1.165, 1.54) is 83.5 Å². The predicted molar refractivity (Wildman–Crippen MR) is 147 cm³/mol. The van der Waals surface area contributed by atoms with Crippen LogP contribution < -0.4 is 5.32 Å². The van der Waals surface area contributed by atoms with Gasteiger partial charge in [-0.25, -0.2) is 14.4 Å². The van der Waals surface area contributed by atoms with Gasteiger partial charge in [-0.15, -0.1) is 0 Å². The number of halogens is 1. The number of nitrogens with one attached hydrogen (secondary N) is 1. The summed E-state index contributed by atoms with van der Waals surface area (Å²) in [5, 5.41) is 3.14. The van der Waals surface area contributed by atoms with Gasteiger partial charge in [0.25, 0.3) is 0 Å². The fourth-order valence-electron chi connectivity index (χ4n) is 3.71. The molecule has 0 bridgehead atoms. The van der Waals surface area contributed by atoms with Crippen LogP contribution in [0.2, 0.25) is 0 Å². The van der Waals surface area contributed by atoms with E-state index in [1.54, 1.807) is 0 Å². The SMILES string of the molecule is CCCCCCCCCCCCCCCCCCNC(=O)OC[C@H](COC(=O)OCCBr)OC(=O)OC. The third-order valence-corrected chi connectivity index (χ3v) is 6.14. The summed E-state index contributed by atoms with van der Waals surface area (Å²) in [5.41, 5.74) is 0. The molecule has 0 aromatic carbocycles. The minimum Gasteiger partial charge on any atom is -0.445 e. The van der Waals surface area contributed by atoms with Crippen LogP contribution in [0, 0.1) is 0 Å². The van der Waals surface area contributed by atoms with E-state index in [4.69, 9.17) is 18.9 Å². The van der Waals surface area contributed by atoms with Crippen LogP contribution in [-0.2, 0) is 23.7 Å². The van der Waals surface area contributed by atoms with Crippen molar-refractivity contribution in [1.29, 1.82) is 0 Å². The predicted octanol–water partition coefficient (Wildman–Crippen LogP) is 7.67. The highest BCUT2D eigenvalue weighted by atomic mass is 79.9. The van der Waals surface area contributed by atoms with Gasteiger partial charge in [0.05, 0.1) is 7.11 Å². The largest absolute Gasteiger partial charge is 0.508 e. The quantitative estimate of drug-likeness (QED) is 0.0523. The topological polar surface area (TPSA) is 109 Å². The molecule has 0 aliphatic rings. The number of amides is 1. The monoisotopic (exact) mass is 595 g/mol. The van der Waals surface area contributed by atoms with Gasteiger partial charge in [0.15, 0.2) is 6.10 Å². The number of hydrogen-bond acceptors (Lipinski definition) is 8. The van der Waals surface area contributed by atoms with Crippen molar-refractivity contribution in [2.24, 2.45) is 0 Å². The molecule has 1 atom stereocenters. The van der Waals surface area contributed by atoms with Crippen LogP contribution in [0.5, 0.6) is 0 Å². The third-order valence-electron chi connectivity index (χ3n) is 5.81. The fourth-order valence-corrected chi connectivity index (χ4v) is 3.87. The fraction of sp³-hybridized carbons (Fsp3) is 0.889. The number of methoxy groups -OCH3 is 1. The Kier molecular flexibility index (Phi) is 26.1. The molecule has 1 N–H and O–H groups in total. The minimum absolute atomic E-state index is 0.139. The van der Waals surface area contributed by atoms with E-state index in [-0.39, 0.29) is 19.8 Å². The first kappa shape index (κ1) is 35.3. The van der Waals surface area contributed by atoms with Crippen LogP contribution in [0.25, 0.3) is 0 Å². The molecule has 218 valence electrons. The number of rotatable bonds is 24. The molecule has 0 aliphatic heterocycles. The lowest BCUT2D eigenvalue weighted by Crippen LogP contribution is -2.34. The van der Waals surface area contributed by atoms with Gasteiger partial charge >= 0.3 is 18.4 Å². The summed E-state index contributed by atoms with van der Waals surface area (Å²) in [6.45, 7) is 2.29. The molecule has 0 aromatic rings. The number of hydrogen-bond donors (Lipinski definition) is 1. The van der Waals surface area contributed by atoms with Crippen LogP contribution in [0.4, 0.5) is 14.4 Å². The summed E-state index contributed by atoms with van der Waals surface area (Å²) in [6, 6.07) is 0. The van der Waals surface area contributed by atoms with Gasteiger partial charge in [-0.3, -0.25) is 0 Å². The number of alkyl carbamates (subject to hydrolysis) is 1. The standard InChI is InChI=1S/C27H50BrNO8/c1-3-4-5-6-7-8-9-10-11-12-13-14-15-16-17-18-20-29-25(30)35-22-24(37-26(31)33-2)23-36-27(32)34-21-19-28/h24H,3-23H2,1-2H3,(H,29,30)/t24-/m1/s1. The van der Waals surface area contributed by atoms with Crippen molar-refractivity contribution in [3.05, 3.63) is 0 Å². The maximum Gasteiger partial charge on any atom is 0.508 e. The van der Waals surface area contributed by atoms with Crippen LogP contribution >= 0.6 is 15.9 Å². The first-order chi connectivity index (χ1) is 18.0. The molecule has 0 aliphatic carbocycles. The third kappa shape index (κ3) is 25.7. The van der Waals surface area contributed by atoms with Crippen LogP contribution in [-0.4, -0.2) is 63.3 Å². The molecular formula is C27H50BrNO8. The molecule has 0 radical (unpaired) electrons. The highest BCUT2D eigenvalue weighted by molar-refractivity contribution is 9.09. The number of carbonyl (C=O) groups is 3. The minimum atomic E-state index is -1.01. The summed E-state index contributed by atoms with van der Waals surface area (Å²) in [5.74, 6) is 0. The second-order valence-electron chi connectivity index (χ2n) is 9.12. The van der Waals surface area contributed by atoms with Gasteiger partial charge in [0.2, 0.25) is 0 Å². The van der Waals surface area contributed by atoms with Crippen molar-refractivity contribution in [3.63, 3.8) is 0 Å². The molecule has 10 heteroatoms. The Morgan fingerprint density at radius 2 is 1.16 bits per heavy atom. The lowest BCUT2D eigenvalue weighted by atomic mass is 10.0. The van der Waals surface area contributed by atoms with E-state index in [2.05, 4.69) is 32.9 Å². The second kappa shape index (κ2) is 27.3. The molecule has 0 spiro atoms. The Bertz CT molecular complexity index is 565. The lowest BCUT2D eigenvalue weighted by molar-refractivity contribution is -0.0309. The van der Waals surface area contributed by atoms with Crippen LogP contribution in [0.1, 0.15) is 110 Å². The van der Waals surface area contributed by atoms with Crippen molar-refractivity contribution in [1.82, 2.24) is 5.32 Å². The van der Waals surface area contributed by atoms with Crippen molar-refractivity contribution < 1.29 is 38.1 Å². The Hall–Kier alpha value is -1.71. The normalized spacial score (nSPS) is 11.4. The number of ether oxygens (including phenoxy) is 5. The Labute approximate surface area is 232 Å². The molecule has 9 nitrogen and oxygen atoms in total. The van der Waals surface area contributed by atoms with E-state index >= 15 is 0 Å². The van der Waals surface area contributed by atoms with E-state index in [1.807, 2.05) is 0 Å². The molecular weight excluding hydrogens is 546 g/mol. The molecule has 37 heavy (non-hydrogen) atoms. The lowest BCUT2D eigenvalue weighted by Gasteiger charge is -2.17.